The van der Waals surface area contributed by atoms with Crippen molar-refractivity contribution in [1.82, 2.24) is 0 Å². The first-order chi connectivity index (χ1) is 9.11. The van der Waals surface area contributed by atoms with Gasteiger partial charge in [0.2, 0.25) is 0 Å². The van der Waals surface area contributed by atoms with E-state index in [1.165, 1.54) is 0 Å². The molecule has 0 spiro atoms. The molecule has 2 nitrogen and oxygen atoms in total. The Bertz CT molecular complexity index is 557. The van der Waals surface area contributed by atoms with E-state index >= 15 is 0 Å². The summed E-state index contributed by atoms with van der Waals surface area (Å²) >= 11 is 8.33. The van der Waals surface area contributed by atoms with E-state index in [-0.39, 0.29) is 6.04 Å². The second-order valence-electron chi connectivity index (χ2n) is 4.15. The van der Waals surface area contributed by atoms with Gasteiger partial charge < -0.3 is 10.5 Å². The van der Waals surface area contributed by atoms with Crippen LogP contribution >= 0.6 is 34.2 Å². The van der Waals surface area contributed by atoms with Crippen molar-refractivity contribution in [2.45, 2.75) is 13.0 Å². The molecule has 2 aromatic rings. The fourth-order valence-corrected chi connectivity index (χ4v) is 2.36. The maximum absolute atomic E-state index is 6.26. The molecule has 2 rings (SSSR count). The van der Waals surface area contributed by atoms with Gasteiger partial charge in [-0.2, -0.15) is 0 Å². The van der Waals surface area contributed by atoms with Crippen LogP contribution in [0.25, 0.3) is 0 Å². The Hall–Kier alpha value is -0.780. The Morgan fingerprint density at radius 3 is 2.37 bits per heavy atom. The van der Waals surface area contributed by atoms with Crippen molar-refractivity contribution < 1.29 is 4.74 Å². The molecule has 2 aromatic carbocycles. The SMILES string of the molecule is CCOc1ccc(C(N)c2ccc(I)c(Cl)c2)cc1. The highest BCUT2D eigenvalue weighted by atomic mass is 127. The topological polar surface area (TPSA) is 35.2 Å². The number of ether oxygens (including phenoxy) is 1. The van der Waals surface area contributed by atoms with Crippen LogP contribution in [0.15, 0.2) is 42.5 Å². The third-order valence-corrected chi connectivity index (χ3v) is 4.43. The van der Waals surface area contributed by atoms with E-state index in [2.05, 4.69) is 22.6 Å². The Balaban J connectivity index is 2.22. The molecule has 0 heterocycles. The fourth-order valence-electron chi connectivity index (χ4n) is 1.84. The molecule has 0 fully saturated rings. The first-order valence-corrected chi connectivity index (χ1v) is 7.50. The van der Waals surface area contributed by atoms with Gasteiger partial charge in [-0.15, -0.1) is 0 Å². The van der Waals surface area contributed by atoms with Gasteiger partial charge in [0, 0.05) is 3.57 Å². The lowest BCUT2D eigenvalue weighted by Crippen LogP contribution is -2.11. The van der Waals surface area contributed by atoms with Crippen LogP contribution in [0.1, 0.15) is 24.1 Å². The maximum atomic E-state index is 6.26. The van der Waals surface area contributed by atoms with Crippen LogP contribution in [-0.2, 0) is 0 Å². The zero-order valence-electron chi connectivity index (χ0n) is 10.6. The van der Waals surface area contributed by atoms with Crippen molar-refractivity contribution in [3.05, 3.63) is 62.2 Å². The molecule has 19 heavy (non-hydrogen) atoms. The number of halogens is 2. The van der Waals surface area contributed by atoms with Crippen molar-refractivity contribution in [1.29, 1.82) is 0 Å². The van der Waals surface area contributed by atoms with Crippen molar-refractivity contribution in [2.75, 3.05) is 6.61 Å². The summed E-state index contributed by atoms with van der Waals surface area (Å²) in [6.07, 6.45) is 0. The maximum Gasteiger partial charge on any atom is 0.119 e. The molecule has 0 aliphatic carbocycles. The highest BCUT2D eigenvalue weighted by Crippen LogP contribution is 2.26. The molecule has 0 aliphatic rings. The van der Waals surface area contributed by atoms with Gasteiger partial charge in [0.1, 0.15) is 5.75 Å². The summed E-state index contributed by atoms with van der Waals surface area (Å²) in [4.78, 5) is 0. The normalized spacial score (nSPS) is 12.2. The first-order valence-electron chi connectivity index (χ1n) is 6.05. The zero-order chi connectivity index (χ0) is 13.8. The Labute approximate surface area is 132 Å². The number of hydrogen-bond donors (Lipinski definition) is 1. The van der Waals surface area contributed by atoms with E-state index in [0.29, 0.717) is 6.61 Å². The first kappa shape index (κ1) is 14.6. The quantitative estimate of drug-likeness (QED) is 0.790. The van der Waals surface area contributed by atoms with Crippen LogP contribution in [-0.4, -0.2) is 6.61 Å². The molecule has 4 heteroatoms. The van der Waals surface area contributed by atoms with E-state index < -0.39 is 0 Å². The second kappa shape index (κ2) is 6.59. The predicted octanol–water partition coefficient (Wildman–Crippen LogP) is 4.39. The molecule has 0 radical (unpaired) electrons. The minimum absolute atomic E-state index is 0.176. The van der Waals surface area contributed by atoms with E-state index in [1.54, 1.807) is 0 Å². The van der Waals surface area contributed by atoms with Crippen molar-refractivity contribution in [3.63, 3.8) is 0 Å². The Morgan fingerprint density at radius 2 is 1.79 bits per heavy atom. The van der Waals surface area contributed by atoms with Crippen LogP contribution < -0.4 is 10.5 Å². The fraction of sp³-hybridized carbons (Fsp3) is 0.200. The summed E-state index contributed by atoms with van der Waals surface area (Å²) < 4.78 is 6.45. The Morgan fingerprint density at radius 1 is 1.16 bits per heavy atom. The van der Waals surface area contributed by atoms with Crippen LogP contribution in [0.5, 0.6) is 5.75 Å². The van der Waals surface area contributed by atoms with Gasteiger partial charge in [-0.1, -0.05) is 29.8 Å². The van der Waals surface area contributed by atoms with E-state index in [1.807, 2.05) is 49.4 Å². The highest BCUT2D eigenvalue weighted by molar-refractivity contribution is 14.1. The summed E-state index contributed by atoms with van der Waals surface area (Å²) in [7, 11) is 0. The third kappa shape index (κ3) is 3.61. The largest absolute Gasteiger partial charge is 0.494 e. The average Bonchev–Trinajstić information content (AvgIpc) is 2.42. The monoisotopic (exact) mass is 387 g/mol. The average molecular weight is 388 g/mol. The molecule has 0 saturated heterocycles. The molecular weight excluding hydrogens is 373 g/mol. The van der Waals surface area contributed by atoms with Crippen molar-refractivity contribution in [3.8, 4) is 5.75 Å². The predicted molar refractivity (Wildman–Crippen MR) is 87.8 cm³/mol. The summed E-state index contributed by atoms with van der Waals surface area (Å²) in [5, 5.41) is 0.736. The van der Waals surface area contributed by atoms with Gasteiger partial charge in [-0.05, 0) is 64.9 Å². The van der Waals surface area contributed by atoms with Gasteiger partial charge in [0.25, 0.3) is 0 Å². The summed E-state index contributed by atoms with van der Waals surface area (Å²) in [5.41, 5.74) is 8.31. The molecule has 2 N–H and O–H groups in total. The van der Waals surface area contributed by atoms with Crippen LogP contribution in [0, 0.1) is 3.57 Å². The molecule has 1 unspecified atom stereocenters. The molecule has 0 aromatic heterocycles. The van der Waals surface area contributed by atoms with Gasteiger partial charge in [-0.25, -0.2) is 0 Å². The lowest BCUT2D eigenvalue weighted by Gasteiger charge is -2.14. The minimum atomic E-state index is -0.176. The summed E-state index contributed by atoms with van der Waals surface area (Å²) in [6, 6.07) is 13.6. The lowest BCUT2D eigenvalue weighted by molar-refractivity contribution is 0.340. The van der Waals surface area contributed by atoms with Gasteiger partial charge in [0.05, 0.1) is 17.7 Å². The highest BCUT2D eigenvalue weighted by Gasteiger charge is 2.10. The van der Waals surface area contributed by atoms with Crippen molar-refractivity contribution >= 4 is 34.2 Å². The zero-order valence-corrected chi connectivity index (χ0v) is 13.5. The molecular formula is C15H15ClINO. The van der Waals surface area contributed by atoms with Gasteiger partial charge >= 0.3 is 0 Å². The molecule has 100 valence electrons. The lowest BCUT2D eigenvalue weighted by atomic mass is 10.00. The smallest absolute Gasteiger partial charge is 0.119 e. The standard InChI is InChI=1S/C15H15ClINO/c1-2-19-12-6-3-10(4-7-12)15(18)11-5-8-14(17)13(16)9-11/h3-9,15H,2,18H2,1H3. The Kier molecular flexibility index (Phi) is 5.07. The molecule has 0 amide bonds. The number of benzene rings is 2. The van der Waals surface area contributed by atoms with Crippen LogP contribution in [0.2, 0.25) is 5.02 Å². The third-order valence-electron chi connectivity index (χ3n) is 2.85. The molecule has 0 bridgehead atoms. The van der Waals surface area contributed by atoms with Crippen LogP contribution in [0.4, 0.5) is 0 Å². The van der Waals surface area contributed by atoms with Gasteiger partial charge in [-0.3, -0.25) is 0 Å². The number of nitrogens with two attached hydrogens (primary N) is 1. The second-order valence-corrected chi connectivity index (χ2v) is 5.72. The molecule has 1 atom stereocenters. The van der Waals surface area contributed by atoms with Crippen LogP contribution in [0.3, 0.4) is 0 Å². The van der Waals surface area contributed by atoms with E-state index in [9.17, 15) is 0 Å². The summed E-state index contributed by atoms with van der Waals surface area (Å²) in [6.45, 7) is 2.63. The van der Waals surface area contributed by atoms with Crippen molar-refractivity contribution in [2.24, 2.45) is 5.73 Å². The molecule has 0 saturated carbocycles. The molecule has 0 aliphatic heterocycles. The van der Waals surface area contributed by atoms with Gasteiger partial charge in [0.15, 0.2) is 0 Å². The minimum Gasteiger partial charge on any atom is -0.494 e. The number of hydrogen-bond acceptors (Lipinski definition) is 2. The van der Waals surface area contributed by atoms with E-state index in [0.717, 1.165) is 25.5 Å². The van der Waals surface area contributed by atoms with E-state index in [4.69, 9.17) is 22.1 Å². The number of rotatable bonds is 4. The summed E-state index contributed by atoms with van der Waals surface area (Å²) in [5.74, 6) is 0.860.